The molecule has 1 aliphatic carbocycles. The standard InChI is InChI=1S/C15H24BrN3/c1-3-8-17-15-13(16)10-18-14(19-15)12-7-5-6-11(4-2)9-12/h10-12H,3-9H2,1-2H3,(H,17,18,19). The van der Waals surface area contributed by atoms with Crippen molar-refractivity contribution in [1.29, 1.82) is 0 Å². The number of hydrogen-bond acceptors (Lipinski definition) is 3. The van der Waals surface area contributed by atoms with Crippen molar-refractivity contribution in [2.45, 2.75) is 58.3 Å². The molecule has 1 aromatic heterocycles. The van der Waals surface area contributed by atoms with E-state index in [1.807, 2.05) is 6.20 Å². The Kier molecular flexibility index (Phi) is 5.61. The van der Waals surface area contributed by atoms with Gasteiger partial charge in [0.15, 0.2) is 0 Å². The van der Waals surface area contributed by atoms with Crippen molar-refractivity contribution in [2.24, 2.45) is 5.92 Å². The number of rotatable bonds is 5. The van der Waals surface area contributed by atoms with E-state index in [1.54, 1.807) is 0 Å². The summed E-state index contributed by atoms with van der Waals surface area (Å²) in [5, 5.41) is 3.37. The number of aromatic nitrogens is 2. The van der Waals surface area contributed by atoms with Crippen molar-refractivity contribution in [3.8, 4) is 0 Å². The molecule has 2 rings (SSSR count). The molecule has 1 aliphatic rings. The third kappa shape index (κ3) is 3.91. The van der Waals surface area contributed by atoms with Gasteiger partial charge in [-0.15, -0.1) is 0 Å². The summed E-state index contributed by atoms with van der Waals surface area (Å²) in [6.07, 6.45) is 9.48. The maximum Gasteiger partial charge on any atom is 0.144 e. The first-order chi connectivity index (χ1) is 9.24. The molecule has 0 spiro atoms. The van der Waals surface area contributed by atoms with Crippen LogP contribution in [0.3, 0.4) is 0 Å². The Morgan fingerprint density at radius 1 is 1.37 bits per heavy atom. The van der Waals surface area contributed by atoms with Gasteiger partial charge in [-0.25, -0.2) is 9.97 Å². The Morgan fingerprint density at radius 2 is 2.21 bits per heavy atom. The Labute approximate surface area is 124 Å². The van der Waals surface area contributed by atoms with Crippen molar-refractivity contribution in [3.63, 3.8) is 0 Å². The summed E-state index contributed by atoms with van der Waals surface area (Å²) in [6, 6.07) is 0. The molecule has 0 radical (unpaired) electrons. The summed E-state index contributed by atoms with van der Waals surface area (Å²) in [5.41, 5.74) is 0. The molecule has 0 bridgehead atoms. The minimum absolute atomic E-state index is 0.550. The number of hydrogen-bond donors (Lipinski definition) is 1. The van der Waals surface area contributed by atoms with Crippen LogP contribution in [0.25, 0.3) is 0 Å². The van der Waals surface area contributed by atoms with E-state index < -0.39 is 0 Å². The van der Waals surface area contributed by atoms with E-state index in [0.29, 0.717) is 5.92 Å². The van der Waals surface area contributed by atoms with Crippen molar-refractivity contribution in [1.82, 2.24) is 9.97 Å². The summed E-state index contributed by atoms with van der Waals surface area (Å²) in [4.78, 5) is 9.27. The molecule has 2 unspecified atom stereocenters. The maximum atomic E-state index is 4.73. The smallest absolute Gasteiger partial charge is 0.144 e. The van der Waals surface area contributed by atoms with Gasteiger partial charge in [-0.05, 0) is 41.1 Å². The highest BCUT2D eigenvalue weighted by Crippen LogP contribution is 2.36. The second kappa shape index (κ2) is 7.22. The van der Waals surface area contributed by atoms with Crippen LogP contribution < -0.4 is 5.32 Å². The van der Waals surface area contributed by atoms with E-state index in [9.17, 15) is 0 Å². The topological polar surface area (TPSA) is 37.8 Å². The third-order valence-electron chi connectivity index (χ3n) is 4.03. The molecule has 1 N–H and O–H groups in total. The lowest BCUT2D eigenvalue weighted by atomic mass is 9.80. The predicted octanol–water partition coefficient (Wildman–Crippen LogP) is 4.74. The van der Waals surface area contributed by atoms with Gasteiger partial charge < -0.3 is 5.32 Å². The molecule has 1 heterocycles. The van der Waals surface area contributed by atoms with Gasteiger partial charge in [-0.2, -0.15) is 0 Å². The Morgan fingerprint density at radius 3 is 2.95 bits per heavy atom. The van der Waals surface area contributed by atoms with Crippen LogP contribution >= 0.6 is 15.9 Å². The average molecular weight is 326 g/mol. The van der Waals surface area contributed by atoms with Crippen LogP contribution in [0.4, 0.5) is 5.82 Å². The molecular weight excluding hydrogens is 302 g/mol. The van der Waals surface area contributed by atoms with Crippen LogP contribution in [0.5, 0.6) is 0 Å². The summed E-state index contributed by atoms with van der Waals surface area (Å²) in [7, 11) is 0. The summed E-state index contributed by atoms with van der Waals surface area (Å²) < 4.78 is 0.965. The summed E-state index contributed by atoms with van der Waals surface area (Å²) in [6.45, 7) is 5.41. The van der Waals surface area contributed by atoms with Gasteiger partial charge in [0.25, 0.3) is 0 Å². The molecule has 0 saturated heterocycles. The fourth-order valence-electron chi connectivity index (χ4n) is 2.84. The molecule has 0 aromatic carbocycles. The highest BCUT2D eigenvalue weighted by Gasteiger charge is 2.24. The highest BCUT2D eigenvalue weighted by atomic mass is 79.9. The molecule has 1 aromatic rings. The lowest BCUT2D eigenvalue weighted by Crippen LogP contribution is -2.16. The minimum Gasteiger partial charge on any atom is -0.369 e. The van der Waals surface area contributed by atoms with Crippen molar-refractivity contribution >= 4 is 21.7 Å². The van der Waals surface area contributed by atoms with Gasteiger partial charge in [0, 0.05) is 18.7 Å². The molecule has 1 saturated carbocycles. The van der Waals surface area contributed by atoms with Gasteiger partial charge in [0.05, 0.1) is 4.47 Å². The van der Waals surface area contributed by atoms with E-state index in [1.165, 1.54) is 32.1 Å². The highest BCUT2D eigenvalue weighted by molar-refractivity contribution is 9.10. The van der Waals surface area contributed by atoms with E-state index in [2.05, 4.69) is 40.1 Å². The number of nitrogens with zero attached hydrogens (tertiary/aromatic N) is 2. The molecule has 19 heavy (non-hydrogen) atoms. The quantitative estimate of drug-likeness (QED) is 0.849. The molecule has 106 valence electrons. The van der Waals surface area contributed by atoms with Gasteiger partial charge in [-0.1, -0.05) is 33.1 Å². The number of nitrogens with one attached hydrogen (secondary N) is 1. The van der Waals surface area contributed by atoms with Crippen LogP contribution in [-0.4, -0.2) is 16.5 Å². The Hall–Kier alpha value is -0.640. The lowest BCUT2D eigenvalue weighted by Gasteiger charge is -2.27. The molecule has 4 heteroatoms. The van der Waals surface area contributed by atoms with Crippen molar-refractivity contribution < 1.29 is 0 Å². The number of anilines is 1. The van der Waals surface area contributed by atoms with Crippen LogP contribution in [0.2, 0.25) is 0 Å². The zero-order chi connectivity index (χ0) is 13.7. The SMILES string of the molecule is CCCNc1nc(C2CCCC(CC)C2)ncc1Br. The van der Waals surface area contributed by atoms with E-state index in [-0.39, 0.29) is 0 Å². The van der Waals surface area contributed by atoms with Crippen LogP contribution in [0.1, 0.15) is 64.1 Å². The third-order valence-corrected chi connectivity index (χ3v) is 4.61. The second-order valence-electron chi connectivity index (χ2n) is 5.49. The van der Waals surface area contributed by atoms with Gasteiger partial charge in [-0.3, -0.25) is 0 Å². The normalized spacial score (nSPS) is 23.3. The Bertz CT molecular complexity index is 408. The fourth-order valence-corrected chi connectivity index (χ4v) is 3.17. The maximum absolute atomic E-state index is 4.73. The first-order valence-electron chi connectivity index (χ1n) is 7.50. The van der Waals surface area contributed by atoms with Gasteiger partial charge >= 0.3 is 0 Å². The largest absolute Gasteiger partial charge is 0.369 e. The number of halogens is 1. The Balaban J connectivity index is 2.10. The van der Waals surface area contributed by atoms with E-state index in [4.69, 9.17) is 4.98 Å². The molecular formula is C15H24BrN3. The molecule has 1 fully saturated rings. The van der Waals surface area contributed by atoms with E-state index >= 15 is 0 Å². The van der Waals surface area contributed by atoms with Gasteiger partial charge in [0.2, 0.25) is 0 Å². The average Bonchev–Trinajstić information content (AvgIpc) is 2.46. The molecule has 2 atom stereocenters. The van der Waals surface area contributed by atoms with Crippen molar-refractivity contribution in [3.05, 3.63) is 16.5 Å². The molecule has 0 aliphatic heterocycles. The molecule has 0 amide bonds. The van der Waals surface area contributed by atoms with Crippen molar-refractivity contribution in [2.75, 3.05) is 11.9 Å². The summed E-state index contributed by atoms with van der Waals surface area (Å²) >= 11 is 3.52. The van der Waals surface area contributed by atoms with Crippen LogP contribution in [0.15, 0.2) is 10.7 Å². The van der Waals surface area contributed by atoms with Crippen LogP contribution in [0, 0.1) is 5.92 Å². The second-order valence-corrected chi connectivity index (χ2v) is 6.34. The minimum atomic E-state index is 0.550. The molecule has 3 nitrogen and oxygen atoms in total. The van der Waals surface area contributed by atoms with Crippen LogP contribution in [-0.2, 0) is 0 Å². The van der Waals surface area contributed by atoms with Gasteiger partial charge in [0.1, 0.15) is 11.6 Å². The first kappa shape index (κ1) is 14.8. The first-order valence-corrected chi connectivity index (χ1v) is 8.30. The van der Waals surface area contributed by atoms with E-state index in [0.717, 1.165) is 35.0 Å². The predicted molar refractivity (Wildman–Crippen MR) is 83.5 cm³/mol. The summed E-state index contributed by atoms with van der Waals surface area (Å²) in [5.74, 6) is 3.39. The zero-order valence-electron chi connectivity index (χ0n) is 12.0. The zero-order valence-corrected chi connectivity index (χ0v) is 13.5. The monoisotopic (exact) mass is 325 g/mol. The fraction of sp³-hybridized carbons (Fsp3) is 0.733. The lowest BCUT2D eigenvalue weighted by molar-refractivity contribution is 0.307.